The summed E-state index contributed by atoms with van der Waals surface area (Å²) in [4.78, 5) is 14.2. The van der Waals surface area contributed by atoms with Gasteiger partial charge in [-0.1, -0.05) is 26.1 Å². The van der Waals surface area contributed by atoms with E-state index in [1.165, 1.54) is 0 Å². The summed E-state index contributed by atoms with van der Waals surface area (Å²) >= 11 is 4.96. The van der Waals surface area contributed by atoms with Gasteiger partial charge in [0.05, 0.1) is 23.6 Å². The standard InChI is InChI=1S/C11H20N2O2S/c1-7(2)9(10(12)16)11(14)13(3)8-4-5-15-6-8/h7-9H,4-6H2,1-3H3,(H2,12,16). The van der Waals surface area contributed by atoms with Crippen LogP contribution in [0.3, 0.4) is 0 Å². The Bertz CT molecular complexity index is 275. The number of ether oxygens (including phenoxy) is 1. The molecule has 0 spiro atoms. The van der Waals surface area contributed by atoms with Crippen molar-refractivity contribution in [1.29, 1.82) is 0 Å². The second kappa shape index (κ2) is 5.59. The molecule has 5 heteroatoms. The van der Waals surface area contributed by atoms with Crippen molar-refractivity contribution in [1.82, 2.24) is 4.90 Å². The first-order chi connectivity index (χ1) is 7.45. The second-order valence-electron chi connectivity index (χ2n) is 4.59. The minimum absolute atomic E-state index is 0.0120. The average Bonchev–Trinajstić information content (AvgIpc) is 2.67. The molecular formula is C11H20N2O2S. The molecule has 0 aromatic carbocycles. The van der Waals surface area contributed by atoms with Crippen LogP contribution in [0, 0.1) is 11.8 Å². The molecule has 1 amide bonds. The SMILES string of the molecule is CC(C)C(C(=O)N(C)C1CCOC1)C(N)=S. The van der Waals surface area contributed by atoms with Gasteiger partial charge >= 0.3 is 0 Å². The van der Waals surface area contributed by atoms with E-state index in [4.69, 9.17) is 22.7 Å². The summed E-state index contributed by atoms with van der Waals surface area (Å²) in [6.07, 6.45) is 0.893. The van der Waals surface area contributed by atoms with Crippen molar-refractivity contribution >= 4 is 23.1 Å². The van der Waals surface area contributed by atoms with E-state index in [-0.39, 0.29) is 28.8 Å². The van der Waals surface area contributed by atoms with Gasteiger partial charge in [-0.2, -0.15) is 0 Å². The van der Waals surface area contributed by atoms with Crippen molar-refractivity contribution < 1.29 is 9.53 Å². The van der Waals surface area contributed by atoms with Gasteiger partial charge in [0, 0.05) is 13.7 Å². The summed E-state index contributed by atoms with van der Waals surface area (Å²) in [5.41, 5.74) is 5.63. The van der Waals surface area contributed by atoms with E-state index in [2.05, 4.69) is 0 Å². The number of carbonyl (C=O) groups excluding carboxylic acids is 1. The van der Waals surface area contributed by atoms with Gasteiger partial charge in [0.1, 0.15) is 0 Å². The lowest BCUT2D eigenvalue weighted by Crippen LogP contribution is -2.46. The minimum atomic E-state index is -0.361. The number of hydrogen-bond donors (Lipinski definition) is 1. The van der Waals surface area contributed by atoms with Crippen LogP contribution in [-0.2, 0) is 9.53 Å². The fourth-order valence-corrected chi connectivity index (χ4v) is 2.34. The topological polar surface area (TPSA) is 55.6 Å². The molecule has 2 atom stereocenters. The number of rotatable bonds is 4. The van der Waals surface area contributed by atoms with E-state index < -0.39 is 0 Å². The molecule has 0 saturated carbocycles. The third-order valence-corrected chi connectivity index (χ3v) is 3.29. The number of hydrogen-bond acceptors (Lipinski definition) is 3. The van der Waals surface area contributed by atoms with Gasteiger partial charge < -0.3 is 15.4 Å². The van der Waals surface area contributed by atoms with Crippen molar-refractivity contribution in [2.45, 2.75) is 26.3 Å². The molecule has 1 aliphatic rings. The highest BCUT2D eigenvalue weighted by Gasteiger charge is 2.32. The Labute approximate surface area is 102 Å². The molecule has 0 aliphatic carbocycles. The Hall–Kier alpha value is -0.680. The summed E-state index contributed by atoms with van der Waals surface area (Å²) in [6.45, 7) is 5.26. The third kappa shape index (κ3) is 2.92. The van der Waals surface area contributed by atoms with Crippen molar-refractivity contribution in [3.63, 3.8) is 0 Å². The summed E-state index contributed by atoms with van der Waals surface area (Å²) in [5.74, 6) is -0.214. The first-order valence-corrected chi connectivity index (χ1v) is 5.99. The Morgan fingerprint density at radius 3 is 2.56 bits per heavy atom. The first-order valence-electron chi connectivity index (χ1n) is 5.59. The highest BCUT2D eigenvalue weighted by atomic mass is 32.1. The first kappa shape index (κ1) is 13.4. The Morgan fingerprint density at radius 2 is 2.19 bits per heavy atom. The number of thiocarbonyl (C=S) groups is 1. The quantitative estimate of drug-likeness (QED) is 0.743. The molecule has 1 saturated heterocycles. The molecule has 0 bridgehead atoms. The molecule has 4 nitrogen and oxygen atoms in total. The number of nitrogens with zero attached hydrogens (tertiary/aromatic N) is 1. The van der Waals surface area contributed by atoms with E-state index in [1.807, 2.05) is 13.8 Å². The highest BCUT2D eigenvalue weighted by Crippen LogP contribution is 2.18. The predicted molar refractivity (Wildman–Crippen MR) is 67.1 cm³/mol. The molecule has 16 heavy (non-hydrogen) atoms. The van der Waals surface area contributed by atoms with Crippen LogP contribution < -0.4 is 5.73 Å². The van der Waals surface area contributed by atoms with Crippen molar-refractivity contribution in [3.8, 4) is 0 Å². The van der Waals surface area contributed by atoms with Crippen LogP contribution in [0.2, 0.25) is 0 Å². The summed E-state index contributed by atoms with van der Waals surface area (Å²) < 4.78 is 5.27. The van der Waals surface area contributed by atoms with Crippen molar-refractivity contribution in [2.24, 2.45) is 17.6 Å². The minimum Gasteiger partial charge on any atom is -0.393 e. The van der Waals surface area contributed by atoms with E-state index in [0.29, 0.717) is 6.61 Å². The number of likely N-dealkylation sites (N-methyl/N-ethyl adjacent to an activating group) is 1. The lowest BCUT2D eigenvalue weighted by Gasteiger charge is -2.29. The van der Waals surface area contributed by atoms with E-state index in [0.717, 1.165) is 13.0 Å². The molecule has 1 rings (SSSR count). The maximum absolute atomic E-state index is 12.2. The van der Waals surface area contributed by atoms with E-state index >= 15 is 0 Å². The van der Waals surface area contributed by atoms with Crippen LogP contribution in [-0.4, -0.2) is 42.1 Å². The smallest absolute Gasteiger partial charge is 0.232 e. The molecule has 0 aromatic rings. The summed E-state index contributed by atoms with van der Waals surface area (Å²) in [7, 11) is 1.80. The molecule has 1 aliphatic heterocycles. The second-order valence-corrected chi connectivity index (χ2v) is 5.06. The van der Waals surface area contributed by atoms with Crippen LogP contribution in [0.4, 0.5) is 0 Å². The molecule has 0 aromatic heterocycles. The number of carbonyl (C=O) groups is 1. The van der Waals surface area contributed by atoms with Crippen LogP contribution in [0.15, 0.2) is 0 Å². The Morgan fingerprint density at radius 1 is 1.56 bits per heavy atom. The van der Waals surface area contributed by atoms with Crippen molar-refractivity contribution in [3.05, 3.63) is 0 Å². The van der Waals surface area contributed by atoms with Gasteiger partial charge in [-0.15, -0.1) is 0 Å². The van der Waals surface area contributed by atoms with Gasteiger partial charge in [-0.05, 0) is 12.3 Å². The molecule has 1 heterocycles. The Kier molecular flexibility index (Phi) is 4.68. The molecule has 2 unspecified atom stereocenters. The largest absolute Gasteiger partial charge is 0.393 e. The van der Waals surface area contributed by atoms with E-state index in [9.17, 15) is 4.79 Å². The number of amides is 1. The predicted octanol–water partition coefficient (Wildman–Crippen LogP) is 0.792. The summed E-state index contributed by atoms with van der Waals surface area (Å²) in [6, 6.07) is 0.170. The molecule has 0 radical (unpaired) electrons. The fraction of sp³-hybridized carbons (Fsp3) is 0.818. The van der Waals surface area contributed by atoms with Gasteiger partial charge in [-0.25, -0.2) is 0 Å². The lowest BCUT2D eigenvalue weighted by molar-refractivity contribution is -0.135. The van der Waals surface area contributed by atoms with Crippen LogP contribution in [0.5, 0.6) is 0 Å². The van der Waals surface area contributed by atoms with Crippen LogP contribution in [0.25, 0.3) is 0 Å². The molecular weight excluding hydrogens is 224 g/mol. The van der Waals surface area contributed by atoms with E-state index in [1.54, 1.807) is 11.9 Å². The average molecular weight is 244 g/mol. The zero-order valence-corrected chi connectivity index (χ0v) is 10.9. The zero-order valence-electron chi connectivity index (χ0n) is 10.1. The van der Waals surface area contributed by atoms with Crippen LogP contribution in [0.1, 0.15) is 20.3 Å². The fourth-order valence-electron chi connectivity index (χ4n) is 1.96. The van der Waals surface area contributed by atoms with Gasteiger partial charge in [-0.3, -0.25) is 4.79 Å². The third-order valence-electron chi connectivity index (χ3n) is 3.04. The number of nitrogens with two attached hydrogens (primary N) is 1. The maximum atomic E-state index is 12.2. The monoisotopic (exact) mass is 244 g/mol. The van der Waals surface area contributed by atoms with Gasteiger partial charge in [0.15, 0.2) is 0 Å². The summed E-state index contributed by atoms with van der Waals surface area (Å²) in [5, 5.41) is 0. The zero-order chi connectivity index (χ0) is 12.3. The molecule has 2 N–H and O–H groups in total. The molecule has 92 valence electrons. The van der Waals surface area contributed by atoms with Gasteiger partial charge in [0.2, 0.25) is 5.91 Å². The van der Waals surface area contributed by atoms with Gasteiger partial charge in [0.25, 0.3) is 0 Å². The van der Waals surface area contributed by atoms with Crippen LogP contribution >= 0.6 is 12.2 Å². The normalized spacial score (nSPS) is 22.1. The highest BCUT2D eigenvalue weighted by molar-refractivity contribution is 7.80. The molecule has 1 fully saturated rings. The lowest BCUT2D eigenvalue weighted by atomic mass is 9.94. The van der Waals surface area contributed by atoms with Crippen molar-refractivity contribution in [2.75, 3.05) is 20.3 Å². The Balaban J connectivity index is 2.69. The maximum Gasteiger partial charge on any atom is 0.232 e.